The molecule has 0 bridgehead atoms. The molecule has 8 nitrogen and oxygen atoms in total. The molecule has 10 heteroatoms. The van der Waals surface area contributed by atoms with Gasteiger partial charge in [0.2, 0.25) is 5.88 Å². The first-order valence-electron chi connectivity index (χ1n) is 12.3. The van der Waals surface area contributed by atoms with E-state index in [2.05, 4.69) is 12.1 Å². The number of allylic oxidation sites excluding steroid dienone is 9. The van der Waals surface area contributed by atoms with Gasteiger partial charge in [0.1, 0.15) is 0 Å². The van der Waals surface area contributed by atoms with Crippen molar-refractivity contribution < 1.29 is 61.8 Å². The zero-order valence-corrected chi connectivity index (χ0v) is 27.5. The van der Waals surface area contributed by atoms with E-state index in [9.17, 15) is 23.5 Å². The molecule has 4 rings (SSSR count). The van der Waals surface area contributed by atoms with Gasteiger partial charge in [0.25, 0.3) is 0 Å². The summed E-state index contributed by atoms with van der Waals surface area (Å²) in [7, 11) is -4.30. The van der Waals surface area contributed by atoms with Crippen LogP contribution in [0.3, 0.4) is 0 Å². The topological polar surface area (TPSA) is 141 Å². The number of fused-ring (bicyclic) bond motifs is 1. The van der Waals surface area contributed by atoms with Crippen molar-refractivity contribution in [1.82, 2.24) is 0 Å². The third kappa shape index (κ3) is 7.97. The van der Waals surface area contributed by atoms with Crippen LogP contribution in [0.5, 0.6) is 5.75 Å². The molecule has 1 radical (unpaired) electrons. The van der Waals surface area contributed by atoms with Crippen LogP contribution in [0.4, 0.5) is 11.4 Å². The number of benzene rings is 2. The molecule has 0 saturated carbocycles. The molecule has 0 fully saturated rings. The van der Waals surface area contributed by atoms with Gasteiger partial charge in [0.15, 0.2) is 5.75 Å². The normalized spacial score (nSPS) is 17.4. The van der Waals surface area contributed by atoms with Gasteiger partial charge in [0, 0.05) is 73.6 Å². The van der Waals surface area contributed by atoms with Gasteiger partial charge in [-0.05, 0) is 61.1 Å². The van der Waals surface area contributed by atoms with E-state index < -0.39 is 15.9 Å². The van der Waals surface area contributed by atoms with Crippen molar-refractivity contribution in [3.8, 4) is 17.9 Å². The van der Waals surface area contributed by atoms with E-state index in [1.54, 1.807) is 37.3 Å². The molecule has 40 heavy (non-hydrogen) atoms. The SMILES string of the molecule is C/C(C#N)=C(/C(C#N)=C/C=C1C=C(/C=C2\Oc3ccccc3N2CCCS(=O)(=O)[O-])CC/1)c1ccc([NH-])cc1.[Ac]. The van der Waals surface area contributed by atoms with Gasteiger partial charge in [-0.2, -0.15) is 10.5 Å². The van der Waals surface area contributed by atoms with Gasteiger partial charge < -0.3 is 19.9 Å². The number of nitrogens with zero attached hydrogens (tertiary/aromatic N) is 3. The summed E-state index contributed by atoms with van der Waals surface area (Å²) in [5.41, 5.74) is 12.9. The summed E-state index contributed by atoms with van der Waals surface area (Å²) in [4.78, 5) is 1.88. The van der Waals surface area contributed by atoms with Gasteiger partial charge in [0.05, 0.1) is 33.5 Å². The fourth-order valence-corrected chi connectivity index (χ4v) is 4.98. The molecular formula is C30H26AcN4O4S-2. The Bertz CT molecular complexity index is 1620. The van der Waals surface area contributed by atoms with Crippen molar-refractivity contribution in [2.75, 3.05) is 17.2 Å². The number of nitrogens with one attached hydrogen (secondary N) is 1. The van der Waals surface area contributed by atoms with Gasteiger partial charge in [-0.1, -0.05) is 48.6 Å². The molecule has 1 aliphatic heterocycles. The maximum Gasteiger partial charge on any atom is 0.200 e. The summed E-state index contributed by atoms with van der Waals surface area (Å²) in [6.45, 7) is 1.99. The van der Waals surface area contributed by atoms with Crippen molar-refractivity contribution in [3.63, 3.8) is 0 Å². The number of hydrogen-bond donors (Lipinski definition) is 0. The second-order valence-electron chi connectivity index (χ2n) is 9.16. The van der Waals surface area contributed by atoms with Crippen LogP contribution in [-0.2, 0) is 10.1 Å². The number of hydrogen-bond acceptors (Lipinski definition) is 7. The van der Waals surface area contributed by atoms with Crippen molar-refractivity contribution in [2.24, 2.45) is 0 Å². The molecule has 1 N–H and O–H groups in total. The molecule has 0 unspecified atom stereocenters. The largest absolute Gasteiger partial charge is 0.748 e. The average molecular weight is 766 g/mol. The average Bonchev–Trinajstić information content (AvgIpc) is 3.50. The van der Waals surface area contributed by atoms with Gasteiger partial charge in [-0.3, -0.25) is 0 Å². The first-order chi connectivity index (χ1) is 18.7. The van der Waals surface area contributed by atoms with Crippen LogP contribution in [-0.4, -0.2) is 25.3 Å². The molecule has 0 amide bonds. The van der Waals surface area contributed by atoms with Crippen LogP contribution in [0.2, 0.25) is 0 Å². The van der Waals surface area contributed by atoms with E-state index >= 15 is 0 Å². The Kier molecular flexibility index (Phi) is 11.0. The van der Waals surface area contributed by atoms with Crippen molar-refractivity contribution in [3.05, 3.63) is 112 Å². The van der Waals surface area contributed by atoms with E-state index in [0.29, 0.717) is 46.1 Å². The van der Waals surface area contributed by atoms with Crippen LogP contribution in [0.15, 0.2) is 101 Å². The minimum atomic E-state index is -4.30. The minimum Gasteiger partial charge on any atom is -0.748 e. The summed E-state index contributed by atoms with van der Waals surface area (Å²) in [6.07, 6.45) is 9.18. The second-order valence-corrected chi connectivity index (χ2v) is 10.7. The third-order valence-corrected chi connectivity index (χ3v) is 7.15. The molecule has 201 valence electrons. The zero-order valence-electron chi connectivity index (χ0n) is 21.9. The van der Waals surface area contributed by atoms with E-state index in [4.69, 9.17) is 10.5 Å². The van der Waals surface area contributed by atoms with Crippen molar-refractivity contribution in [1.29, 1.82) is 10.5 Å². The van der Waals surface area contributed by atoms with E-state index in [-0.39, 0.29) is 50.5 Å². The Hall–Kier alpha value is -3.13. The van der Waals surface area contributed by atoms with E-state index in [0.717, 1.165) is 29.7 Å². The Balaban J connectivity index is 0.00000441. The molecule has 2 aliphatic rings. The Morgan fingerprint density at radius 2 is 1.85 bits per heavy atom. The first-order valence-corrected chi connectivity index (χ1v) is 13.9. The minimum absolute atomic E-state index is 0. The Morgan fingerprint density at radius 1 is 1.12 bits per heavy atom. The third-order valence-electron chi connectivity index (χ3n) is 6.36. The Morgan fingerprint density at radius 3 is 2.52 bits per heavy atom. The fourth-order valence-electron chi connectivity index (χ4n) is 4.50. The fraction of sp³-hybridized carbons (Fsp3) is 0.200. The summed E-state index contributed by atoms with van der Waals surface area (Å²) in [5.74, 6) is 0.778. The van der Waals surface area contributed by atoms with Crippen molar-refractivity contribution >= 4 is 27.1 Å². The van der Waals surface area contributed by atoms with Gasteiger partial charge >= 0.3 is 0 Å². The number of rotatable bonds is 8. The van der Waals surface area contributed by atoms with E-state index in [1.807, 2.05) is 47.4 Å². The molecule has 0 atom stereocenters. The van der Waals surface area contributed by atoms with E-state index in [1.165, 1.54) is 0 Å². The standard InChI is InChI=1S/C30H27N4O4S.Ac/c1-21(19-31)30(24-11-13-26(33)14-12-24)25(20-32)10-9-22-7-8-23(17-22)18-29-34(15-4-16-39(35,36)37)27-5-2-3-6-28(27)38-29;/h2-3,5-6,9-14,17-18,33H,4,7-8,15-16H2,1H3,(H,35,36,37);/q-1;/p-1/b22-9+,25-10+,29-18-,30-21-;. The second kappa shape index (κ2) is 14.0. The smallest absolute Gasteiger partial charge is 0.200 e. The number of ether oxygens (including phenoxy) is 1. The van der Waals surface area contributed by atoms with Gasteiger partial charge in [-0.15, -0.1) is 5.69 Å². The summed E-state index contributed by atoms with van der Waals surface area (Å²) in [6, 6.07) is 18.5. The van der Waals surface area contributed by atoms with Crippen LogP contribution in [0.1, 0.15) is 31.7 Å². The molecule has 0 spiro atoms. The monoisotopic (exact) mass is 765 g/mol. The first kappa shape index (κ1) is 31.4. The molecule has 2 aromatic carbocycles. The molecule has 0 aromatic heterocycles. The number of para-hydroxylation sites is 2. The maximum absolute atomic E-state index is 11.1. The molecule has 2 aromatic rings. The predicted molar refractivity (Wildman–Crippen MR) is 149 cm³/mol. The van der Waals surface area contributed by atoms with Gasteiger partial charge in [-0.25, -0.2) is 8.42 Å². The van der Waals surface area contributed by atoms with Crippen LogP contribution in [0.25, 0.3) is 11.3 Å². The molecule has 0 saturated heterocycles. The van der Waals surface area contributed by atoms with Crippen LogP contribution in [0, 0.1) is 66.7 Å². The van der Waals surface area contributed by atoms with Crippen LogP contribution >= 0.6 is 0 Å². The molecule has 1 heterocycles. The zero-order chi connectivity index (χ0) is 28.0. The summed E-state index contributed by atoms with van der Waals surface area (Å²) in [5, 5.41) is 19.4. The summed E-state index contributed by atoms with van der Waals surface area (Å²) >= 11 is 0. The summed E-state index contributed by atoms with van der Waals surface area (Å²) < 4.78 is 39.3. The predicted octanol–water partition coefficient (Wildman–Crippen LogP) is 6.44. The Labute approximate surface area is 270 Å². The van der Waals surface area contributed by atoms with Crippen molar-refractivity contribution in [2.45, 2.75) is 26.2 Å². The quantitative estimate of drug-likeness (QED) is 0.171. The molecule has 1 aliphatic carbocycles. The number of nitriles is 2. The maximum atomic E-state index is 11.1. The molecular weight excluding hydrogens is 739 g/mol. The van der Waals surface area contributed by atoms with Crippen LogP contribution < -0.4 is 9.64 Å². The number of anilines is 1.